The van der Waals surface area contributed by atoms with Crippen molar-refractivity contribution in [1.82, 2.24) is 15.6 Å². The maximum atomic E-state index is 12.7. The number of para-hydroxylation sites is 1. The molecule has 10 heteroatoms. The maximum Gasteiger partial charge on any atom is 0.372 e. The predicted octanol–water partition coefficient (Wildman–Crippen LogP) is -0.156. The van der Waals surface area contributed by atoms with Crippen molar-refractivity contribution in [3.63, 3.8) is 0 Å². The van der Waals surface area contributed by atoms with Gasteiger partial charge < -0.3 is 21.4 Å². The van der Waals surface area contributed by atoms with Gasteiger partial charge in [-0.2, -0.15) is 0 Å². The number of nitrogens with two attached hydrogens (primary N) is 1. The largest absolute Gasteiger partial charge is 0.372 e. The molecule has 0 radical (unpaired) electrons. The molecular weight excluding hydrogens is 376 g/mol. The molecule has 1 aromatic heterocycles. The van der Waals surface area contributed by atoms with Gasteiger partial charge in [-0.05, 0) is 18.1 Å². The van der Waals surface area contributed by atoms with Crippen LogP contribution < -0.4 is 16.4 Å². The summed E-state index contributed by atoms with van der Waals surface area (Å²) in [6.07, 6.45) is 2.63. The average Bonchev–Trinajstić information content (AvgIpc) is 3.07. The number of fused-ring (bicyclic) bond motifs is 1. The Hall–Kier alpha value is -3.78. The van der Waals surface area contributed by atoms with E-state index < -0.39 is 35.6 Å². The van der Waals surface area contributed by atoms with Crippen LogP contribution in [0.2, 0.25) is 0 Å². The number of Topliss-reactive ketones (excluding diaryl/α,β-unsaturated/α-hetero) is 1. The second kappa shape index (κ2) is 9.95. The van der Waals surface area contributed by atoms with Crippen LogP contribution >= 0.6 is 0 Å². The van der Waals surface area contributed by atoms with Gasteiger partial charge in [0, 0.05) is 36.9 Å². The zero-order valence-corrected chi connectivity index (χ0v) is 15.9. The van der Waals surface area contributed by atoms with E-state index in [4.69, 9.17) is 11.3 Å². The third-order valence-corrected chi connectivity index (χ3v) is 4.34. The first-order chi connectivity index (χ1) is 13.8. The molecule has 6 N–H and O–H groups in total. The van der Waals surface area contributed by atoms with Gasteiger partial charge in [0.25, 0.3) is 0 Å². The second-order valence-corrected chi connectivity index (χ2v) is 6.54. The minimum Gasteiger partial charge on any atom is -0.368 e. The van der Waals surface area contributed by atoms with Gasteiger partial charge in [0.1, 0.15) is 12.1 Å². The van der Waals surface area contributed by atoms with Crippen molar-refractivity contribution < 1.29 is 24.0 Å². The third kappa shape index (κ3) is 6.12. The SMILES string of the molecule is CC(=O)N[C@@H](Cc1c[nH]c2ccccc12)C(=O)N[C@@H](CCC(=O)C=[N+]=N)C(N)=O. The van der Waals surface area contributed by atoms with Crippen molar-refractivity contribution in [3.8, 4) is 0 Å². The number of hydrogen-bond acceptors (Lipinski definition) is 5. The Morgan fingerprint density at radius 2 is 1.93 bits per heavy atom. The lowest BCUT2D eigenvalue weighted by atomic mass is 10.0. The van der Waals surface area contributed by atoms with Crippen molar-refractivity contribution in [2.75, 3.05) is 0 Å². The summed E-state index contributed by atoms with van der Waals surface area (Å²) in [4.78, 5) is 53.5. The molecule has 0 saturated heterocycles. The first-order valence-electron chi connectivity index (χ1n) is 8.96. The first kappa shape index (κ1) is 21.5. The van der Waals surface area contributed by atoms with Crippen LogP contribution in [0.4, 0.5) is 0 Å². The Labute approximate surface area is 166 Å². The molecule has 29 heavy (non-hydrogen) atoms. The molecule has 0 aliphatic rings. The van der Waals surface area contributed by atoms with Gasteiger partial charge in [0.15, 0.2) is 0 Å². The number of aromatic amines is 1. The highest BCUT2D eigenvalue weighted by Crippen LogP contribution is 2.19. The number of nitrogens with zero attached hydrogens (tertiary/aromatic N) is 1. The number of amides is 3. The molecule has 0 aliphatic carbocycles. The third-order valence-electron chi connectivity index (χ3n) is 4.34. The number of H-pyrrole nitrogens is 1. The Morgan fingerprint density at radius 3 is 2.59 bits per heavy atom. The van der Waals surface area contributed by atoms with E-state index in [1.807, 2.05) is 24.3 Å². The lowest BCUT2D eigenvalue weighted by Crippen LogP contribution is -2.53. The van der Waals surface area contributed by atoms with Crippen LogP contribution in [-0.4, -0.2) is 51.6 Å². The summed E-state index contributed by atoms with van der Waals surface area (Å²) in [5, 5.41) is 6.00. The van der Waals surface area contributed by atoms with Crippen LogP contribution in [0, 0.1) is 5.53 Å². The van der Waals surface area contributed by atoms with Crippen molar-refractivity contribution in [1.29, 1.82) is 5.53 Å². The van der Waals surface area contributed by atoms with Crippen LogP contribution in [0.3, 0.4) is 0 Å². The summed E-state index contributed by atoms with van der Waals surface area (Å²) < 4.78 is 0. The van der Waals surface area contributed by atoms with Gasteiger partial charge in [0.05, 0.1) is 10.3 Å². The molecule has 152 valence electrons. The smallest absolute Gasteiger partial charge is 0.368 e. The maximum absolute atomic E-state index is 12.7. The van der Waals surface area contributed by atoms with Gasteiger partial charge in [0.2, 0.25) is 23.5 Å². The summed E-state index contributed by atoms with van der Waals surface area (Å²) in [5.41, 5.74) is 13.7. The number of carbonyl (C=O) groups is 4. The quantitative estimate of drug-likeness (QED) is 0.212. The van der Waals surface area contributed by atoms with E-state index in [9.17, 15) is 19.2 Å². The van der Waals surface area contributed by atoms with Crippen molar-refractivity contribution in [3.05, 3.63) is 36.0 Å². The van der Waals surface area contributed by atoms with E-state index in [-0.39, 0.29) is 19.3 Å². The zero-order chi connectivity index (χ0) is 21.4. The van der Waals surface area contributed by atoms with Crippen molar-refractivity contribution in [2.45, 2.75) is 38.3 Å². The lowest BCUT2D eigenvalue weighted by Gasteiger charge is -2.21. The van der Waals surface area contributed by atoms with Gasteiger partial charge in [-0.25, -0.2) is 0 Å². The van der Waals surface area contributed by atoms with Gasteiger partial charge >= 0.3 is 6.21 Å². The molecule has 0 bridgehead atoms. The van der Waals surface area contributed by atoms with Gasteiger partial charge in [-0.15, -0.1) is 0 Å². The molecule has 1 heterocycles. The summed E-state index contributed by atoms with van der Waals surface area (Å²) in [5.74, 6) is -2.25. The second-order valence-electron chi connectivity index (χ2n) is 6.54. The normalized spacial score (nSPS) is 12.4. The monoisotopic (exact) mass is 399 g/mol. The van der Waals surface area contributed by atoms with E-state index in [2.05, 4.69) is 20.4 Å². The van der Waals surface area contributed by atoms with Crippen LogP contribution in [0.25, 0.3) is 10.9 Å². The fourth-order valence-corrected chi connectivity index (χ4v) is 2.96. The molecule has 1 aromatic carbocycles. The fraction of sp³-hybridized carbons (Fsp3) is 0.316. The van der Waals surface area contributed by atoms with Crippen LogP contribution in [0.1, 0.15) is 25.3 Å². The number of primary amides is 1. The molecule has 0 fully saturated rings. The number of carbonyl (C=O) groups excluding carboxylic acids is 4. The number of benzene rings is 1. The Kier molecular flexibility index (Phi) is 7.39. The molecule has 2 rings (SSSR count). The Bertz CT molecular complexity index is 976. The standard InChI is InChI=1S/C19H22N6O4/c1-11(26)24-17(8-12-9-22-15-5-3-2-4-14(12)15)19(29)25-16(18(20)28)7-6-13(27)10-23-21/h2-5,9-10,16-17,21-22H,6-8H2,1H3,(H3-,20,24,25,26,28,29)/p+1/t16-,17-/m0/s1. The lowest BCUT2D eigenvalue weighted by molar-refractivity contribution is -0.132. The van der Waals surface area contributed by atoms with Gasteiger partial charge in [-0.1, -0.05) is 18.2 Å². The average molecular weight is 399 g/mol. The minimum atomic E-state index is -1.09. The molecule has 0 spiro atoms. The topological polar surface area (TPSA) is 172 Å². The summed E-state index contributed by atoms with van der Waals surface area (Å²) >= 11 is 0. The summed E-state index contributed by atoms with van der Waals surface area (Å²) in [6.45, 7) is 1.29. The van der Waals surface area contributed by atoms with Gasteiger partial charge in [-0.3, -0.25) is 19.2 Å². The number of hydrogen-bond donors (Lipinski definition) is 5. The van der Waals surface area contributed by atoms with Crippen molar-refractivity contribution >= 4 is 40.6 Å². The number of aromatic nitrogens is 1. The fourth-order valence-electron chi connectivity index (χ4n) is 2.96. The first-order valence-corrected chi connectivity index (χ1v) is 8.96. The van der Waals surface area contributed by atoms with E-state index in [0.29, 0.717) is 0 Å². The van der Waals surface area contributed by atoms with E-state index in [0.717, 1.165) is 22.7 Å². The van der Waals surface area contributed by atoms with Crippen LogP contribution in [0.15, 0.2) is 30.5 Å². The van der Waals surface area contributed by atoms with Crippen LogP contribution in [-0.2, 0) is 25.6 Å². The Morgan fingerprint density at radius 1 is 1.21 bits per heavy atom. The predicted molar refractivity (Wildman–Crippen MR) is 104 cm³/mol. The molecule has 0 saturated carbocycles. The molecule has 10 nitrogen and oxygen atoms in total. The molecule has 0 unspecified atom stereocenters. The molecule has 3 amide bonds. The molecule has 2 atom stereocenters. The van der Waals surface area contributed by atoms with E-state index in [1.165, 1.54) is 6.92 Å². The molecule has 0 aliphatic heterocycles. The van der Waals surface area contributed by atoms with Crippen LogP contribution in [0.5, 0.6) is 0 Å². The highest BCUT2D eigenvalue weighted by atomic mass is 16.2. The summed E-state index contributed by atoms with van der Waals surface area (Å²) in [7, 11) is 0. The van der Waals surface area contributed by atoms with E-state index in [1.54, 1.807) is 6.20 Å². The number of nitrogens with one attached hydrogen (secondary N) is 4. The highest BCUT2D eigenvalue weighted by molar-refractivity contribution is 6.25. The number of rotatable bonds is 10. The van der Waals surface area contributed by atoms with E-state index >= 15 is 0 Å². The number of ketones is 1. The summed E-state index contributed by atoms with van der Waals surface area (Å²) in [6, 6.07) is 5.52. The Balaban J connectivity index is 2.14. The zero-order valence-electron chi connectivity index (χ0n) is 15.9. The highest BCUT2D eigenvalue weighted by Gasteiger charge is 2.26. The molecular formula is C19H23N6O4+. The molecule has 2 aromatic rings. The van der Waals surface area contributed by atoms with Crippen molar-refractivity contribution in [2.24, 2.45) is 5.73 Å². The minimum absolute atomic E-state index is 0.0359.